The molecule has 0 unspecified atom stereocenters. The molecule has 18 heavy (non-hydrogen) atoms. The van der Waals surface area contributed by atoms with Crippen LogP contribution < -0.4 is 4.74 Å². The summed E-state index contributed by atoms with van der Waals surface area (Å²) in [7, 11) is 1.58. The van der Waals surface area contributed by atoms with Gasteiger partial charge in [0.1, 0.15) is 11.5 Å². The molecule has 1 aliphatic carbocycles. The summed E-state index contributed by atoms with van der Waals surface area (Å²) in [4.78, 5) is 0. The van der Waals surface area contributed by atoms with Crippen molar-refractivity contribution in [2.75, 3.05) is 7.11 Å². The number of ether oxygens (including phenoxy) is 2. The van der Waals surface area contributed by atoms with Crippen LogP contribution in [0.5, 0.6) is 5.75 Å². The Hall–Kier alpha value is -0.830. The molecule has 0 fully saturated rings. The van der Waals surface area contributed by atoms with Gasteiger partial charge in [0.05, 0.1) is 12.1 Å². The van der Waals surface area contributed by atoms with Gasteiger partial charge in [0.2, 0.25) is 0 Å². The molecule has 0 spiro atoms. The van der Waals surface area contributed by atoms with E-state index in [1.807, 2.05) is 0 Å². The normalized spacial score (nSPS) is 15.4. The third-order valence-corrected chi connectivity index (χ3v) is 3.33. The van der Waals surface area contributed by atoms with Crippen LogP contribution in [0, 0.1) is 0 Å². The van der Waals surface area contributed by atoms with Crippen LogP contribution >= 0.6 is 34.8 Å². The van der Waals surface area contributed by atoms with Crippen LogP contribution in [0.3, 0.4) is 0 Å². The molecule has 0 saturated heterocycles. The Kier molecular flexibility index (Phi) is 4.44. The van der Waals surface area contributed by atoms with E-state index in [9.17, 15) is 0 Å². The lowest BCUT2D eigenvalue weighted by Crippen LogP contribution is -2.05. The molecule has 0 radical (unpaired) electrons. The van der Waals surface area contributed by atoms with Crippen molar-refractivity contribution in [3.63, 3.8) is 0 Å². The molecular weight excluding hydrogens is 294 g/mol. The van der Waals surface area contributed by atoms with Crippen LogP contribution in [0.2, 0.25) is 10.0 Å². The molecule has 0 aromatic heterocycles. The van der Waals surface area contributed by atoms with E-state index < -0.39 is 0 Å². The van der Waals surface area contributed by atoms with Gasteiger partial charge in [0.15, 0.2) is 5.76 Å². The first-order chi connectivity index (χ1) is 8.60. The second kappa shape index (κ2) is 5.87. The van der Waals surface area contributed by atoms with Gasteiger partial charge in [-0.2, -0.15) is 0 Å². The SMILES string of the molecule is COC1=C(Oc2ccc(Cl)cc2Cl)CCC(Cl)=C1. The van der Waals surface area contributed by atoms with Gasteiger partial charge in [-0.1, -0.05) is 34.8 Å². The van der Waals surface area contributed by atoms with Gasteiger partial charge in [-0.05, 0) is 30.7 Å². The fourth-order valence-corrected chi connectivity index (χ4v) is 2.26. The van der Waals surface area contributed by atoms with Crippen molar-refractivity contribution in [2.24, 2.45) is 0 Å². The van der Waals surface area contributed by atoms with Crippen LogP contribution in [-0.4, -0.2) is 7.11 Å². The zero-order chi connectivity index (χ0) is 13.1. The average Bonchev–Trinajstić information content (AvgIpc) is 2.34. The topological polar surface area (TPSA) is 18.5 Å². The molecule has 96 valence electrons. The Morgan fingerprint density at radius 2 is 1.89 bits per heavy atom. The minimum atomic E-state index is 0.464. The highest BCUT2D eigenvalue weighted by Crippen LogP contribution is 2.33. The van der Waals surface area contributed by atoms with Crippen LogP contribution in [0.15, 0.2) is 40.8 Å². The molecule has 1 aliphatic rings. The van der Waals surface area contributed by atoms with E-state index >= 15 is 0 Å². The minimum Gasteiger partial charge on any atom is -0.493 e. The number of hydrogen-bond donors (Lipinski definition) is 0. The van der Waals surface area contributed by atoms with Crippen LogP contribution in [0.1, 0.15) is 12.8 Å². The van der Waals surface area contributed by atoms with Crippen molar-refractivity contribution in [2.45, 2.75) is 12.8 Å². The lowest BCUT2D eigenvalue weighted by Gasteiger charge is -2.18. The molecule has 5 heteroatoms. The van der Waals surface area contributed by atoms with Gasteiger partial charge < -0.3 is 9.47 Å². The van der Waals surface area contributed by atoms with Crippen molar-refractivity contribution < 1.29 is 9.47 Å². The highest BCUT2D eigenvalue weighted by Gasteiger charge is 2.16. The molecule has 0 saturated carbocycles. The third-order valence-electron chi connectivity index (χ3n) is 2.50. The first-order valence-electron chi connectivity index (χ1n) is 5.36. The van der Waals surface area contributed by atoms with Crippen molar-refractivity contribution in [1.29, 1.82) is 0 Å². The Morgan fingerprint density at radius 1 is 1.11 bits per heavy atom. The Morgan fingerprint density at radius 3 is 2.56 bits per heavy atom. The average molecular weight is 306 g/mol. The van der Waals surface area contributed by atoms with E-state index in [1.165, 1.54) is 0 Å². The highest BCUT2D eigenvalue weighted by molar-refractivity contribution is 6.35. The predicted octanol–water partition coefficient (Wildman–Crippen LogP) is 5.15. The summed E-state index contributed by atoms with van der Waals surface area (Å²) in [6.07, 6.45) is 3.16. The van der Waals surface area contributed by atoms with Crippen LogP contribution in [-0.2, 0) is 4.74 Å². The molecule has 0 aliphatic heterocycles. The predicted molar refractivity (Wildman–Crippen MR) is 74.3 cm³/mol. The van der Waals surface area contributed by atoms with Crippen molar-refractivity contribution >= 4 is 34.8 Å². The Balaban J connectivity index is 2.27. The maximum absolute atomic E-state index is 6.05. The van der Waals surface area contributed by atoms with Gasteiger partial charge in [0.25, 0.3) is 0 Å². The summed E-state index contributed by atoms with van der Waals surface area (Å²) in [5.41, 5.74) is 0. The Bertz CT molecular complexity index is 521. The van der Waals surface area contributed by atoms with Gasteiger partial charge >= 0.3 is 0 Å². The highest BCUT2D eigenvalue weighted by atomic mass is 35.5. The summed E-state index contributed by atoms with van der Waals surface area (Å²) >= 11 is 17.8. The Labute approximate surface area is 121 Å². The van der Waals surface area contributed by atoms with Gasteiger partial charge in [0, 0.05) is 16.5 Å². The van der Waals surface area contributed by atoms with Crippen molar-refractivity contribution in [3.05, 3.63) is 50.9 Å². The van der Waals surface area contributed by atoms with E-state index in [-0.39, 0.29) is 0 Å². The van der Waals surface area contributed by atoms with E-state index in [0.717, 1.165) is 11.5 Å². The second-order valence-electron chi connectivity index (χ2n) is 3.76. The molecule has 0 heterocycles. The fraction of sp³-hybridized carbons (Fsp3) is 0.231. The molecule has 0 atom stereocenters. The summed E-state index contributed by atoms with van der Waals surface area (Å²) < 4.78 is 11.0. The quantitative estimate of drug-likeness (QED) is 0.769. The summed E-state index contributed by atoms with van der Waals surface area (Å²) in [5, 5.41) is 1.78. The summed E-state index contributed by atoms with van der Waals surface area (Å²) in [6, 6.07) is 5.09. The molecule has 0 amide bonds. The lowest BCUT2D eigenvalue weighted by molar-refractivity contribution is 0.264. The number of benzene rings is 1. The van der Waals surface area contributed by atoms with E-state index in [0.29, 0.717) is 33.7 Å². The number of halogens is 3. The maximum atomic E-state index is 6.05. The lowest BCUT2D eigenvalue weighted by atomic mass is 10.1. The first-order valence-corrected chi connectivity index (χ1v) is 6.49. The first kappa shape index (κ1) is 13.6. The molecule has 0 bridgehead atoms. The molecule has 1 aromatic rings. The molecular formula is C13H11Cl3O2. The van der Waals surface area contributed by atoms with E-state index in [4.69, 9.17) is 44.3 Å². The van der Waals surface area contributed by atoms with Crippen LogP contribution in [0.25, 0.3) is 0 Å². The van der Waals surface area contributed by atoms with Crippen molar-refractivity contribution in [1.82, 2.24) is 0 Å². The van der Waals surface area contributed by atoms with Gasteiger partial charge in [-0.15, -0.1) is 0 Å². The van der Waals surface area contributed by atoms with Crippen molar-refractivity contribution in [3.8, 4) is 5.75 Å². The smallest absolute Gasteiger partial charge is 0.158 e. The molecule has 0 N–H and O–H groups in total. The summed E-state index contributed by atoms with van der Waals surface area (Å²) in [5.74, 6) is 1.89. The zero-order valence-corrected chi connectivity index (χ0v) is 11.9. The largest absolute Gasteiger partial charge is 0.493 e. The minimum absolute atomic E-state index is 0.464. The number of hydrogen-bond acceptors (Lipinski definition) is 2. The maximum Gasteiger partial charge on any atom is 0.158 e. The summed E-state index contributed by atoms with van der Waals surface area (Å²) in [6.45, 7) is 0. The number of methoxy groups -OCH3 is 1. The molecule has 1 aromatic carbocycles. The fourth-order valence-electron chi connectivity index (χ4n) is 1.62. The van der Waals surface area contributed by atoms with Gasteiger partial charge in [-0.25, -0.2) is 0 Å². The standard InChI is InChI=1S/C13H11Cl3O2/c1-17-13-7-9(15)3-5-12(13)18-11-4-2-8(14)6-10(11)16/h2,4,6-7H,3,5H2,1H3. The van der Waals surface area contributed by atoms with E-state index in [2.05, 4.69) is 0 Å². The van der Waals surface area contributed by atoms with Crippen LogP contribution in [0.4, 0.5) is 0 Å². The number of rotatable bonds is 3. The molecule has 2 nitrogen and oxygen atoms in total. The monoisotopic (exact) mass is 304 g/mol. The zero-order valence-electron chi connectivity index (χ0n) is 9.67. The number of allylic oxidation sites excluding steroid dienone is 3. The van der Waals surface area contributed by atoms with E-state index in [1.54, 1.807) is 31.4 Å². The second-order valence-corrected chi connectivity index (χ2v) is 5.09. The van der Waals surface area contributed by atoms with Gasteiger partial charge in [-0.3, -0.25) is 0 Å². The molecule has 2 rings (SSSR count). The third kappa shape index (κ3) is 3.14.